The minimum absolute atomic E-state index is 0.0742. The van der Waals surface area contributed by atoms with Crippen LogP contribution >= 0.6 is 11.6 Å². The number of benzene rings is 2. The Labute approximate surface area is 198 Å². The Balaban J connectivity index is 2.13. The third-order valence-corrected chi connectivity index (χ3v) is 8.21. The van der Waals surface area contributed by atoms with E-state index in [0.29, 0.717) is 35.2 Å². The number of hydrogen-bond donors (Lipinski definition) is 1. The lowest BCUT2D eigenvalue weighted by Crippen LogP contribution is -2.27. The first-order chi connectivity index (χ1) is 15.5. The molecule has 0 bridgehead atoms. The van der Waals surface area contributed by atoms with E-state index >= 15 is 0 Å². The van der Waals surface area contributed by atoms with Crippen molar-refractivity contribution < 1.29 is 22.7 Å². The number of aliphatic carboxylic acids is 1. The molecule has 4 rings (SSSR count). The summed E-state index contributed by atoms with van der Waals surface area (Å²) in [6, 6.07) is 9.43. The van der Waals surface area contributed by atoms with Crippen molar-refractivity contribution in [3.8, 4) is 0 Å². The van der Waals surface area contributed by atoms with E-state index in [1.807, 2.05) is 30.5 Å². The normalized spacial score (nSPS) is 18.2. The minimum atomic E-state index is -3.75. The van der Waals surface area contributed by atoms with Crippen LogP contribution in [0.4, 0.5) is 4.39 Å². The number of rotatable bonds is 6. The van der Waals surface area contributed by atoms with Gasteiger partial charge in [0.25, 0.3) is 0 Å². The standard InChI is InChI=1S/C25H27ClFNO4S/c1-4-18(25(29)30)19-6-5-7-20-21-12-17(27)13-22(33(3,31)32)24(21)28(23(19)20)14(2)15-8-10-16(26)11-9-15/h8-14,18-19H,4-7H2,1-3H3,(H,29,30)/t14-,18?,19+/m0/s1. The fraction of sp³-hybridized carbons (Fsp3) is 0.400. The van der Waals surface area contributed by atoms with Crippen LogP contribution in [0.15, 0.2) is 41.3 Å². The molecule has 5 nitrogen and oxygen atoms in total. The van der Waals surface area contributed by atoms with Gasteiger partial charge in [-0.3, -0.25) is 4.79 Å². The molecule has 8 heteroatoms. The van der Waals surface area contributed by atoms with Gasteiger partial charge in [0.2, 0.25) is 0 Å². The molecule has 1 unspecified atom stereocenters. The number of aryl methyl sites for hydroxylation is 1. The summed E-state index contributed by atoms with van der Waals surface area (Å²) in [7, 11) is -3.75. The monoisotopic (exact) mass is 491 g/mol. The number of hydrogen-bond acceptors (Lipinski definition) is 3. The van der Waals surface area contributed by atoms with Crippen molar-refractivity contribution in [1.29, 1.82) is 0 Å². The van der Waals surface area contributed by atoms with Crippen LogP contribution in [-0.4, -0.2) is 30.3 Å². The van der Waals surface area contributed by atoms with E-state index in [1.165, 1.54) is 6.07 Å². The van der Waals surface area contributed by atoms with Crippen LogP contribution < -0.4 is 0 Å². The highest BCUT2D eigenvalue weighted by Crippen LogP contribution is 2.46. The smallest absolute Gasteiger partial charge is 0.307 e. The first-order valence-corrected chi connectivity index (χ1v) is 13.4. The zero-order chi connectivity index (χ0) is 24.1. The average Bonchev–Trinajstić information content (AvgIpc) is 3.07. The molecule has 0 spiro atoms. The molecule has 0 aliphatic heterocycles. The number of fused-ring (bicyclic) bond motifs is 3. The van der Waals surface area contributed by atoms with Gasteiger partial charge in [-0.15, -0.1) is 0 Å². The average molecular weight is 492 g/mol. The van der Waals surface area contributed by atoms with Gasteiger partial charge in [-0.1, -0.05) is 30.7 Å². The first kappa shape index (κ1) is 23.8. The van der Waals surface area contributed by atoms with Gasteiger partial charge in [-0.05, 0) is 68.0 Å². The lowest BCUT2D eigenvalue weighted by molar-refractivity contribution is -0.142. The van der Waals surface area contributed by atoms with E-state index in [2.05, 4.69) is 0 Å². The molecule has 1 N–H and O–H groups in total. The predicted molar refractivity (Wildman–Crippen MR) is 127 cm³/mol. The maximum absolute atomic E-state index is 14.6. The van der Waals surface area contributed by atoms with Gasteiger partial charge in [-0.25, -0.2) is 12.8 Å². The second kappa shape index (κ2) is 8.76. The molecule has 3 atom stereocenters. The van der Waals surface area contributed by atoms with Crippen LogP contribution in [0.5, 0.6) is 0 Å². The summed E-state index contributed by atoms with van der Waals surface area (Å²) in [5.74, 6) is -2.40. The van der Waals surface area contributed by atoms with Crippen LogP contribution in [0.25, 0.3) is 10.9 Å². The molecule has 0 saturated carbocycles. The fourth-order valence-corrected chi connectivity index (χ4v) is 6.37. The van der Waals surface area contributed by atoms with Crippen LogP contribution in [0.3, 0.4) is 0 Å². The Hall–Kier alpha value is -2.38. The lowest BCUT2D eigenvalue weighted by atomic mass is 9.77. The van der Waals surface area contributed by atoms with E-state index < -0.39 is 27.5 Å². The molecular formula is C25H27ClFNO4S. The number of sulfone groups is 1. The molecule has 0 amide bonds. The molecule has 33 heavy (non-hydrogen) atoms. The summed E-state index contributed by atoms with van der Waals surface area (Å²) in [4.78, 5) is 12.1. The molecule has 1 aromatic heterocycles. The summed E-state index contributed by atoms with van der Waals surface area (Å²) in [5, 5.41) is 11.1. The van der Waals surface area contributed by atoms with Crippen molar-refractivity contribution in [3.05, 3.63) is 64.1 Å². The topological polar surface area (TPSA) is 76.4 Å². The Morgan fingerprint density at radius 3 is 2.52 bits per heavy atom. The van der Waals surface area contributed by atoms with E-state index in [4.69, 9.17) is 11.6 Å². The molecule has 3 aromatic rings. The van der Waals surface area contributed by atoms with Gasteiger partial charge >= 0.3 is 5.97 Å². The first-order valence-electron chi connectivity index (χ1n) is 11.1. The second-order valence-corrected chi connectivity index (χ2v) is 11.3. The third-order valence-electron chi connectivity index (χ3n) is 6.85. The molecule has 1 aliphatic rings. The summed E-state index contributed by atoms with van der Waals surface area (Å²) >= 11 is 6.08. The second-order valence-electron chi connectivity index (χ2n) is 8.89. The fourth-order valence-electron chi connectivity index (χ4n) is 5.36. The largest absolute Gasteiger partial charge is 0.481 e. The van der Waals surface area contributed by atoms with E-state index in [0.717, 1.165) is 35.6 Å². The van der Waals surface area contributed by atoms with Crippen LogP contribution in [0.2, 0.25) is 5.02 Å². The highest BCUT2D eigenvalue weighted by molar-refractivity contribution is 7.91. The summed E-state index contributed by atoms with van der Waals surface area (Å²) < 4.78 is 42.1. The quantitative estimate of drug-likeness (QED) is 0.460. The number of carboxylic acid groups (broad SMARTS) is 1. The highest BCUT2D eigenvalue weighted by Gasteiger charge is 2.38. The molecule has 0 fully saturated rings. The van der Waals surface area contributed by atoms with Crippen molar-refractivity contribution >= 4 is 38.3 Å². The maximum atomic E-state index is 14.6. The van der Waals surface area contributed by atoms with Crippen molar-refractivity contribution in [2.24, 2.45) is 5.92 Å². The minimum Gasteiger partial charge on any atom is -0.481 e. The van der Waals surface area contributed by atoms with Gasteiger partial charge < -0.3 is 9.67 Å². The number of carboxylic acids is 1. The summed E-state index contributed by atoms with van der Waals surface area (Å²) in [6.45, 7) is 3.80. The van der Waals surface area contributed by atoms with Crippen LogP contribution in [0, 0.1) is 11.7 Å². The number of carbonyl (C=O) groups is 1. The summed E-state index contributed by atoms with van der Waals surface area (Å²) in [6.07, 6.45) is 3.61. The lowest BCUT2D eigenvalue weighted by Gasteiger charge is -2.32. The molecule has 1 heterocycles. The van der Waals surface area contributed by atoms with Gasteiger partial charge in [-0.2, -0.15) is 0 Å². The molecule has 1 aliphatic carbocycles. The van der Waals surface area contributed by atoms with Crippen molar-refractivity contribution in [3.63, 3.8) is 0 Å². The highest BCUT2D eigenvalue weighted by atomic mass is 35.5. The van der Waals surface area contributed by atoms with E-state index in [-0.39, 0.29) is 16.9 Å². The van der Waals surface area contributed by atoms with Crippen molar-refractivity contribution in [2.45, 2.75) is 56.4 Å². The van der Waals surface area contributed by atoms with E-state index in [9.17, 15) is 22.7 Å². The van der Waals surface area contributed by atoms with Gasteiger partial charge in [0.05, 0.1) is 22.4 Å². The zero-order valence-corrected chi connectivity index (χ0v) is 20.4. The molecule has 0 radical (unpaired) electrons. The number of aromatic nitrogens is 1. The maximum Gasteiger partial charge on any atom is 0.307 e. The van der Waals surface area contributed by atoms with Gasteiger partial charge in [0.15, 0.2) is 9.84 Å². The molecule has 0 saturated heterocycles. The third kappa shape index (κ3) is 4.17. The van der Waals surface area contributed by atoms with Crippen LogP contribution in [-0.2, 0) is 21.1 Å². The Bertz CT molecular complexity index is 1330. The van der Waals surface area contributed by atoms with E-state index in [1.54, 1.807) is 12.1 Å². The van der Waals surface area contributed by atoms with Crippen molar-refractivity contribution in [1.82, 2.24) is 4.57 Å². The molecule has 176 valence electrons. The predicted octanol–water partition coefficient (Wildman–Crippen LogP) is 5.98. The SMILES string of the molecule is CCC(C(=O)O)[C@H]1CCCc2c1n([C@@H](C)c1ccc(Cl)cc1)c1c(S(C)(=O)=O)cc(F)cc21. The molecule has 2 aromatic carbocycles. The summed E-state index contributed by atoms with van der Waals surface area (Å²) in [5.41, 5.74) is 3.00. The van der Waals surface area contributed by atoms with Gasteiger partial charge in [0, 0.05) is 28.3 Å². The van der Waals surface area contributed by atoms with Crippen molar-refractivity contribution in [2.75, 3.05) is 6.26 Å². The number of halogens is 2. The zero-order valence-electron chi connectivity index (χ0n) is 18.8. The molecular weight excluding hydrogens is 465 g/mol. The van der Waals surface area contributed by atoms with Gasteiger partial charge in [0.1, 0.15) is 5.82 Å². The van der Waals surface area contributed by atoms with Crippen LogP contribution in [0.1, 0.15) is 61.9 Å². The Kier molecular flexibility index (Phi) is 6.31. The number of nitrogens with zero attached hydrogens (tertiary/aromatic N) is 1. The Morgan fingerprint density at radius 1 is 1.27 bits per heavy atom. The Morgan fingerprint density at radius 2 is 1.94 bits per heavy atom.